The molecule has 17 heavy (non-hydrogen) atoms. The maximum atomic E-state index is 13.0. The lowest BCUT2D eigenvalue weighted by Crippen LogP contribution is -2.36. The molecule has 94 valence electrons. The van der Waals surface area contributed by atoms with Crippen LogP contribution in [0.25, 0.3) is 0 Å². The van der Waals surface area contributed by atoms with Crippen LogP contribution in [0.15, 0.2) is 18.2 Å². The fourth-order valence-electron chi connectivity index (χ4n) is 1.47. The van der Waals surface area contributed by atoms with Crippen molar-refractivity contribution in [3.05, 3.63) is 35.4 Å². The number of halogens is 2. The molecule has 0 heterocycles. The fourth-order valence-corrected chi connectivity index (χ4v) is 1.47. The number of hydrogen-bond acceptors (Lipinski definition) is 3. The Kier molecular flexibility index (Phi) is 4.17. The van der Waals surface area contributed by atoms with Gasteiger partial charge in [-0.15, -0.1) is 0 Å². The third-order valence-corrected chi connectivity index (χ3v) is 2.40. The van der Waals surface area contributed by atoms with Gasteiger partial charge in [-0.2, -0.15) is 0 Å². The zero-order chi connectivity index (χ0) is 13.1. The summed E-state index contributed by atoms with van der Waals surface area (Å²) in [5, 5.41) is 0. The van der Waals surface area contributed by atoms with Crippen molar-refractivity contribution >= 4 is 5.97 Å². The number of carbonyl (C=O) groups is 1. The first-order valence-corrected chi connectivity index (χ1v) is 5.27. The van der Waals surface area contributed by atoms with E-state index in [9.17, 15) is 13.6 Å². The van der Waals surface area contributed by atoms with Gasteiger partial charge >= 0.3 is 5.97 Å². The van der Waals surface area contributed by atoms with Crippen molar-refractivity contribution < 1.29 is 18.3 Å². The molecule has 0 saturated heterocycles. The predicted octanol–water partition coefficient (Wildman–Crippen LogP) is 2.09. The van der Waals surface area contributed by atoms with Gasteiger partial charge in [0, 0.05) is 5.54 Å². The van der Waals surface area contributed by atoms with Crippen LogP contribution >= 0.6 is 0 Å². The molecule has 1 rings (SSSR count). The quantitative estimate of drug-likeness (QED) is 0.824. The summed E-state index contributed by atoms with van der Waals surface area (Å²) >= 11 is 0. The van der Waals surface area contributed by atoms with Crippen LogP contribution in [0.3, 0.4) is 0 Å². The van der Waals surface area contributed by atoms with Gasteiger partial charge in [0.05, 0.1) is 13.0 Å². The molecule has 1 aromatic rings. The molecule has 1 aromatic carbocycles. The summed E-state index contributed by atoms with van der Waals surface area (Å²) in [5.41, 5.74) is 5.17. The minimum absolute atomic E-state index is 0.0914. The van der Waals surface area contributed by atoms with E-state index in [1.165, 1.54) is 6.07 Å². The van der Waals surface area contributed by atoms with E-state index in [0.717, 1.165) is 12.1 Å². The van der Waals surface area contributed by atoms with Crippen LogP contribution in [-0.2, 0) is 15.1 Å². The minimum Gasteiger partial charge on any atom is -0.466 e. The first kappa shape index (κ1) is 13.6. The summed E-state index contributed by atoms with van der Waals surface area (Å²) in [6.45, 7) is 3.51. The van der Waals surface area contributed by atoms with Crippen LogP contribution in [0.2, 0.25) is 0 Å². The van der Waals surface area contributed by atoms with Gasteiger partial charge in [-0.3, -0.25) is 4.79 Å². The molecule has 0 aromatic heterocycles. The standard InChI is InChI=1S/C12H15F2NO2/c1-3-17-11(16)7-12(2,15)8-4-5-9(13)10(14)6-8/h4-6H,3,7,15H2,1-2H3. The van der Waals surface area contributed by atoms with Crippen molar-refractivity contribution in [1.82, 2.24) is 0 Å². The molecular formula is C12H15F2NO2. The molecule has 0 fully saturated rings. The molecule has 3 nitrogen and oxygen atoms in total. The maximum Gasteiger partial charge on any atom is 0.307 e. The van der Waals surface area contributed by atoms with Gasteiger partial charge in [0.25, 0.3) is 0 Å². The topological polar surface area (TPSA) is 52.3 Å². The predicted molar refractivity (Wildman–Crippen MR) is 59.1 cm³/mol. The monoisotopic (exact) mass is 243 g/mol. The van der Waals surface area contributed by atoms with E-state index in [1.807, 2.05) is 0 Å². The van der Waals surface area contributed by atoms with Crippen molar-refractivity contribution in [3.63, 3.8) is 0 Å². The van der Waals surface area contributed by atoms with Gasteiger partial charge in [-0.05, 0) is 31.5 Å². The first-order chi connectivity index (χ1) is 7.86. The number of rotatable bonds is 4. The Balaban J connectivity index is 2.88. The lowest BCUT2D eigenvalue weighted by molar-refractivity contribution is -0.144. The third kappa shape index (κ3) is 3.49. The highest BCUT2D eigenvalue weighted by molar-refractivity contribution is 5.71. The molecule has 2 N–H and O–H groups in total. The number of esters is 1. The zero-order valence-electron chi connectivity index (χ0n) is 9.80. The number of ether oxygens (including phenoxy) is 1. The van der Waals surface area contributed by atoms with Crippen molar-refractivity contribution in [3.8, 4) is 0 Å². The average molecular weight is 243 g/mol. The largest absolute Gasteiger partial charge is 0.466 e. The van der Waals surface area contributed by atoms with Gasteiger partial charge in [-0.25, -0.2) is 8.78 Å². The Hall–Kier alpha value is -1.49. The number of carbonyl (C=O) groups excluding carboxylic acids is 1. The Bertz CT molecular complexity index is 419. The van der Waals surface area contributed by atoms with Crippen molar-refractivity contribution in [1.29, 1.82) is 0 Å². The lowest BCUT2D eigenvalue weighted by Gasteiger charge is -2.24. The highest BCUT2D eigenvalue weighted by atomic mass is 19.2. The molecule has 0 aliphatic carbocycles. The van der Waals surface area contributed by atoms with E-state index in [4.69, 9.17) is 10.5 Å². The second kappa shape index (κ2) is 5.23. The zero-order valence-corrected chi connectivity index (χ0v) is 9.80. The normalized spacial score (nSPS) is 14.2. The van der Waals surface area contributed by atoms with Gasteiger partial charge in [0.15, 0.2) is 11.6 Å². The second-order valence-electron chi connectivity index (χ2n) is 4.03. The molecule has 1 atom stereocenters. The van der Waals surface area contributed by atoms with Gasteiger partial charge in [0.2, 0.25) is 0 Å². The van der Waals surface area contributed by atoms with E-state index < -0.39 is 23.1 Å². The Morgan fingerprint density at radius 1 is 1.41 bits per heavy atom. The van der Waals surface area contributed by atoms with Crippen molar-refractivity contribution in [2.75, 3.05) is 6.61 Å². The van der Waals surface area contributed by atoms with E-state index in [1.54, 1.807) is 13.8 Å². The molecule has 0 aliphatic rings. The van der Waals surface area contributed by atoms with Crippen molar-refractivity contribution in [2.45, 2.75) is 25.8 Å². The Labute approximate surface area is 98.6 Å². The molecule has 0 saturated carbocycles. The highest BCUT2D eigenvalue weighted by Gasteiger charge is 2.26. The summed E-state index contributed by atoms with van der Waals surface area (Å²) in [5.74, 6) is -2.40. The van der Waals surface area contributed by atoms with E-state index in [2.05, 4.69) is 0 Å². The molecular weight excluding hydrogens is 228 g/mol. The summed E-state index contributed by atoms with van der Waals surface area (Å²) in [4.78, 5) is 11.3. The first-order valence-electron chi connectivity index (χ1n) is 5.27. The lowest BCUT2D eigenvalue weighted by atomic mass is 9.90. The molecule has 0 amide bonds. The maximum absolute atomic E-state index is 13.0. The molecule has 0 radical (unpaired) electrons. The molecule has 0 bridgehead atoms. The van der Waals surface area contributed by atoms with Crippen LogP contribution < -0.4 is 5.73 Å². The number of benzene rings is 1. The number of hydrogen-bond donors (Lipinski definition) is 1. The van der Waals surface area contributed by atoms with Crippen LogP contribution in [-0.4, -0.2) is 12.6 Å². The third-order valence-electron chi connectivity index (χ3n) is 2.40. The summed E-state index contributed by atoms with van der Waals surface area (Å²) in [6, 6.07) is 3.34. The van der Waals surface area contributed by atoms with Crippen LogP contribution in [0, 0.1) is 11.6 Å². The van der Waals surface area contributed by atoms with Gasteiger partial charge in [-0.1, -0.05) is 6.07 Å². The SMILES string of the molecule is CCOC(=O)CC(C)(N)c1ccc(F)c(F)c1. The average Bonchev–Trinajstić information content (AvgIpc) is 2.21. The smallest absolute Gasteiger partial charge is 0.307 e. The summed E-state index contributed by atoms with van der Waals surface area (Å²) < 4.78 is 30.6. The van der Waals surface area contributed by atoms with Crippen LogP contribution in [0.5, 0.6) is 0 Å². The van der Waals surface area contributed by atoms with Crippen LogP contribution in [0.4, 0.5) is 8.78 Å². The van der Waals surface area contributed by atoms with Crippen LogP contribution in [0.1, 0.15) is 25.8 Å². The van der Waals surface area contributed by atoms with Gasteiger partial charge < -0.3 is 10.5 Å². The van der Waals surface area contributed by atoms with E-state index in [-0.39, 0.29) is 13.0 Å². The Morgan fingerprint density at radius 3 is 2.59 bits per heavy atom. The summed E-state index contributed by atoms with van der Waals surface area (Å²) in [6.07, 6.45) is -0.0914. The van der Waals surface area contributed by atoms with Gasteiger partial charge in [0.1, 0.15) is 0 Å². The van der Waals surface area contributed by atoms with E-state index in [0.29, 0.717) is 5.56 Å². The number of nitrogens with two attached hydrogens (primary N) is 1. The highest BCUT2D eigenvalue weighted by Crippen LogP contribution is 2.23. The molecule has 0 spiro atoms. The Morgan fingerprint density at radius 2 is 2.06 bits per heavy atom. The minimum atomic E-state index is -1.08. The second-order valence-corrected chi connectivity index (χ2v) is 4.03. The molecule has 1 unspecified atom stereocenters. The molecule has 0 aliphatic heterocycles. The summed E-state index contributed by atoms with van der Waals surface area (Å²) in [7, 11) is 0. The van der Waals surface area contributed by atoms with Crippen molar-refractivity contribution in [2.24, 2.45) is 5.73 Å². The van der Waals surface area contributed by atoms with E-state index >= 15 is 0 Å². The molecule has 5 heteroatoms. The fraction of sp³-hybridized carbons (Fsp3) is 0.417.